The monoisotopic (exact) mass is 420 g/mol. The Morgan fingerprint density at radius 2 is 2.14 bits per heavy atom. The Labute approximate surface area is 175 Å². The van der Waals surface area contributed by atoms with Gasteiger partial charge in [-0.1, -0.05) is 17.7 Å². The van der Waals surface area contributed by atoms with Crippen LogP contribution in [0.25, 0.3) is 0 Å². The third kappa shape index (κ3) is 5.53. The van der Waals surface area contributed by atoms with Crippen molar-refractivity contribution in [1.82, 2.24) is 25.0 Å². The van der Waals surface area contributed by atoms with Crippen LogP contribution in [0.15, 0.2) is 28.0 Å². The zero-order valence-corrected chi connectivity index (χ0v) is 17.8. The molecule has 0 atom stereocenters. The van der Waals surface area contributed by atoms with Crippen molar-refractivity contribution in [3.63, 3.8) is 0 Å². The topological polar surface area (TPSA) is 85.5 Å². The molecule has 1 aliphatic rings. The molecule has 0 saturated heterocycles. The Balaban J connectivity index is 1.40. The summed E-state index contributed by atoms with van der Waals surface area (Å²) in [6.07, 6.45) is 4.64. The Kier molecular flexibility index (Phi) is 7.57. The van der Waals surface area contributed by atoms with E-state index >= 15 is 0 Å². The van der Waals surface area contributed by atoms with Crippen LogP contribution in [-0.2, 0) is 25.9 Å². The number of ether oxygens (including phenoxy) is 1. The van der Waals surface area contributed by atoms with Crippen molar-refractivity contribution in [2.24, 2.45) is 4.99 Å². The van der Waals surface area contributed by atoms with Crippen LogP contribution in [0.4, 0.5) is 0 Å². The first-order valence-electron chi connectivity index (χ1n) is 10.1. The average molecular weight is 421 g/mol. The number of methoxy groups -OCH3 is 1. The van der Waals surface area contributed by atoms with Crippen LogP contribution in [0.5, 0.6) is 5.75 Å². The van der Waals surface area contributed by atoms with E-state index in [4.69, 9.17) is 16.3 Å². The maximum absolute atomic E-state index is 12.3. The second-order valence-electron chi connectivity index (χ2n) is 7.02. The fourth-order valence-corrected chi connectivity index (χ4v) is 3.69. The van der Waals surface area contributed by atoms with E-state index in [-0.39, 0.29) is 5.69 Å². The van der Waals surface area contributed by atoms with E-state index in [0.717, 1.165) is 61.7 Å². The van der Waals surface area contributed by atoms with Crippen molar-refractivity contribution in [2.75, 3.05) is 27.2 Å². The third-order valence-electron chi connectivity index (χ3n) is 5.04. The molecule has 1 aromatic carbocycles. The van der Waals surface area contributed by atoms with E-state index in [1.165, 1.54) is 0 Å². The fraction of sp³-hybridized carbons (Fsp3) is 0.550. The molecule has 158 valence electrons. The molecule has 0 radical (unpaired) electrons. The summed E-state index contributed by atoms with van der Waals surface area (Å²) in [5, 5.41) is 11.7. The van der Waals surface area contributed by atoms with Crippen LogP contribution in [0, 0.1) is 0 Å². The summed E-state index contributed by atoms with van der Waals surface area (Å²) in [6.45, 7) is 2.81. The Morgan fingerprint density at radius 1 is 1.31 bits per heavy atom. The van der Waals surface area contributed by atoms with Crippen LogP contribution >= 0.6 is 11.6 Å². The number of aromatic nitrogens is 3. The van der Waals surface area contributed by atoms with Crippen molar-refractivity contribution >= 4 is 17.6 Å². The Morgan fingerprint density at radius 3 is 2.86 bits per heavy atom. The first-order chi connectivity index (χ1) is 14.1. The van der Waals surface area contributed by atoms with Gasteiger partial charge in [0.1, 0.15) is 11.6 Å². The van der Waals surface area contributed by atoms with Crippen molar-refractivity contribution in [2.45, 2.75) is 45.2 Å². The van der Waals surface area contributed by atoms with Gasteiger partial charge in [-0.25, -0.2) is 9.48 Å². The van der Waals surface area contributed by atoms with Crippen molar-refractivity contribution < 1.29 is 4.74 Å². The van der Waals surface area contributed by atoms with E-state index in [1.54, 1.807) is 18.8 Å². The highest BCUT2D eigenvalue weighted by Crippen LogP contribution is 2.22. The number of aliphatic imine (C=N–C) groups is 1. The summed E-state index contributed by atoms with van der Waals surface area (Å²) in [5.41, 5.74) is 1.07. The Bertz CT molecular complexity index is 905. The fourth-order valence-electron chi connectivity index (χ4n) is 3.42. The van der Waals surface area contributed by atoms with Gasteiger partial charge in [0.25, 0.3) is 0 Å². The molecule has 3 rings (SSSR count). The minimum Gasteiger partial charge on any atom is -0.497 e. The van der Waals surface area contributed by atoms with Crippen LogP contribution in [0.2, 0.25) is 5.02 Å². The third-order valence-corrected chi connectivity index (χ3v) is 5.39. The smallest absolute Gasteiger partial charge is 0.345 e. The number of nitrogens with zero attached hydrogens (tertiary/aromatic N) is 4. The quantitative estimate of drug-likeness (QED) is 0.386. The zero-order chi connectivity index (χ0) is 20.6. The second-order valence-corrected chi connectivity index (χ2v) is 7.42. The summed E-state index contributed by atoms with van der Waals surface area (Å²) in [6, 6.07) is 5.70. The van der Waals surface area contributed by atoms with Crippen LogP contribution in [0.3, 0.4) is 0 Å². The molecule has 0 fully saturated rings. The number of guanidine groups is 1. The number of hydrogen-bond acceptors (Lipinski definition) is 4. The van der Waals surface area contributed by atoms with Gasteiger partial charge in [0.2, 0.25) is 0 Å². The van der Waals surface area contributed by atoms with Crippen molar-refractivity contribution in [3.8, 4) is 5.75 Å². The predicted octanol–water partition coefficient (Wildman–Crippen LogP) is 1.84. The summed E-state index contributed by atoms with van der Waals surface area (Å²) >= 11 is 6.28. The molecule has 0 spiro atoms. The number of fused-ring (bicyclic) bond motifs is 1. The zero-order valence-electron chi connectivity index (χ0n) is 17.1. The van der Waals surface area contributed by atoms with E-state index in [1.807, 2.05) is 22.8 Å². The van der Waals surface area contributed by atoms with Gasteiger partial charge in [0.15, 0.2) is 5.96 Å². The molecular weight excluding hydrogens is 392 g/mol. The largest absolute Gasteiger partial charge is 0.497 e. The van der Waals surface area contributed by atoms with Crippen molar-refractivity contribution in [3.05, 3.63) is 45.1 Å². The van der Waals surface area contributed by atoms with Gasteiger partial charge in [-0.2, -0.15) is 5.10 Å². The molecule has 9 heteroatoms. The number of benzene rings is 1. The standard InChI is InChI=1S/C20H29ClN6O2/c1-22-19(24-11-9-15-7-8-16(29-2)14-17(15)21)23-10-5-13-27-20(28)26-12-4-3-6-18(26)25-27/h7-8,14H,3-6,9-13H2,1-2H3,(H2,22,23,24). The van der Waals surface area contributed by atoms with Gasteiger partial charge in [-0.05, 0) is 43.4 Å². The van der Waals surface area contributed by atoms with Gasteiger partial charge in [-0.15, -0.1) is 0 Å². The molecule has 0 aliphatic carbocycles. The number of hydrogen-bond donors (Lipinski definition) is 2. The molecule has 2 heterocycles. The van der Waals surface area contributed by atoms with Gasteiger partial charge >= 0.3 is 5.69 Å². The van der Waals surface area contributed by atoms with Gasteiger partial charge in [0.05, 0.1) is 7.11 Å². The molecule has 1 aromatic heterocycles. The lowest BCUT2D eigenvalue weighted by Gasteiger charge is -2.12. The lowest BCUT2D eigenvalue weighted by atomic mass is 10.1. The van der Waals surface area contributed by atoms with Gasteiger partial charge < -0.3 is 15.4 Å². The van der Waals surface area contributed by atoms with E-state index in [0.29, 0.717) is 24.7 Å². The summed E-state index contributed by atoms with van der Waals surface area (Å²) in [7, 11) is 3.36. The first-order valence-corrected chi connectivity index (χ1v) is 10.4. The molecule has 1 aliphatic heterocycles. The van der Waals surface area contributed by atoms with Crippen LogP contribution in [0.1, 0.15) is 30.7 Å². The maximum atomic E-state index is 12.3. The highest BCUT2D eigenvalue weighted by atomic mass is 35.5. The van der Waals surface area contributed by atoms with Crippen LogP contribution < -0.4 is 21.1 Å². The number of halogens is 1. The normalized spacial score (nSPS) is 13.8. The molecule has 2 aromatic rings. The second kappa shape index (κ2) is 10.3. The molecule has 0 bridgehead atoms. The molecule has 8 nitrogen and oxygen atoms in total. The minimum atomic E-state index is 0.0126. The average Bonchev–Trinajstić information content (AvgIpc) is 3.06. The number of nitrogens with one attached hydrogen (secondary N) is 2. The van der Waals surface area contributed by atoms with Gasteiger partial charge in [-0.3, -0.25) is 9.56 Å². The molecular formula is C20H29ClN6O2. The summed E-state index contributed by atoms with van der Waals surface area (Å²) in [4.78, 5) is 16.6. The lowest BCUT2D eigenvalue weighted by Crippen LogP contribution is -2.39. The number of aryl methyl sites for hydroxylation is 2. The highest BCUT2D eigenvalue weighted by molar-refractivity contribution is 6.31. The predicted molar refractivity (Wildman–Crippen MR) is 115 cm³/mol. The molecule has 0 unspecified atom stereocenters. The van der Waals surface area contributed by atoms with E-state index in [2.05, 4.69) is 20.7 Å². The lowest BCUT2D eigenvalue weighted by molar-refractivity contribution is 0.414. The summed E-state index contributed by atoms with van der Waals surface area (Å²) in [5.74, 6) is 2.40. The first kappa shape index (κ1) is 21.2. The van der Waals surface area contributed by atoms with Crippen LogP contribution in [-0.4, -0.2) is 47.6 Å². The molecule has 0 amide bonds. The maximum Gasteiger partial charge on any atom is 0.345 e. The SMILES string of the molecule is CN=C(NCCCn1nc2n(c1=O)CCCC2)NCCc1ccc(OC)cc1Cl. The molecule has 29 heavy (non-hydrogen) atoms. The van der Waals surface area contributed by atoms with Gasteiger partial charge in [0, 0.05) is 44.7 Å². The number of rotatable bonds is 8. The van der Waals surface area contributed by atoms with E-state index < -0.39 is 0 Å². The van der Waals surface area contributed by atoms with E-state index in [9.17, 15) is 4.79 Å². The Hall–Kier alpha value is -2.48. The highest BCUT2D eigenvalue weighted by Gasteiger charge is 2.16. The minimum absolute atomic E-state index is 0.0126. The van der Waals surface area contributed by atoms with Crippen molar-refractivity contribution in [1.29, 1.82) is 0 Å². The molecule has 2 N–H and O–H groups in total. The molecule has 0 saturated carbocycles. The summed E-state index contributed by atoms with van der Waals surface area (Å²) < 4.78 is 8.57.